The molecular formula is C16H19BrN2O3. The molecule has 6 heteroatoms. The lowest BCUT2D eigenvalue weighted by molar-refractivity contribution is -0.136. The van der Waals surface area contributed by atoms with Crippen LogP contribution in [0.1, 0.15) is 33.3 Å². The number of ketones is 1. The van der Waals surface area contributed by atoms with Gasteiger partial charge in [0.15, 0.2) is 5.78 Å². The SMILES string of the molecule is CC(C)(C)C(=O)CN1C(=O)N[C@@](C)(c2ccc(Br)cc2)C1=O. The Morgan fingerprint density at radius 2 is 1.77 bits per heavy atom. The van der Waals surface area contributed by atoms with Crippen LogP contribution in [0.3, 0.4) is 0 Å². The van der Waals surface area contributed by atoms with Crippen LogP contribution in [-0.2, 0) is 15.1 Å². The van der Waals surface area contributed by atoms with Crippen molar-refractivity contribution >= 4 is 33.7 Å². The van der Waals surface area contributed by atoms with Gasteiger partial charge in [0.1, 0.15) is 5.54 Å². The van der Waals surface area contributed by atoms with Crippen molar-refractivity contribution in [1.29, 1.82) is 0 Å². The van der Waals surface area contributed by atoms with E-state index in [0.717, 1.165) is 9.37 Å². The smallest absolute Gasteiger partial charge is 0.319 e. The van der Waals surface area contributed by atoms with Gasteiger partial charge in [0.25, 0.3) is 5.91 Å². The molecule has 1 aliphatic rings. The van der Waals surface area contributed by atoms with Gasteiger partial charge in [-0.25, -0.2) is 4.79 Å². The van der Waals surface area contributed by atoms with Gasteiger partial charge in [-0.05, 0) is 24.6 Å². The zero-order valence-corrected chi connectivity index (χ0v) is 14.7. The van der Waals surface area contributed by atoms with Crippen molar-refractivity contribution in [1.82, 2.24) is 10.2 Å². The van der Waals surface area contributed by atoms with Gasteiger partial charge in [-0.1, -0.05) is 48.8 Å². The topological polar surface area (TPSA) is 66.5 Å². The highest BCUT2D eigenvalue weighted by Crippen LogP contribution is 2.30. The first-order valence-electron chi connectivity index (χ1n) is 6.99. The average molecular weight is 367 g/mol. The molecule has 22 heavy (non-hydrogen) atoms. The van der Waals surface area contributed by atoms with Gasteiger partial charge in [0.05, 0.1) is 6.54 Å². The zero-order chi connectivity index (χ0) is 16.7. The van der Waals surface area contributed by atoms with Crippen LogP contribution in [-0.4, -0.2) is 29.2 Å². The van der Waals surface area contributed by atoms with Crippen LogP contribution in [0.4, 0.5) is 4.79 Å². The summed E-state index contributed by atoms with van der Waals surface area (Å²) in [5.41, 5.74) is -1.06. The second-order valence-electron chi connectivity index (χ2n) is 6.63. The number of rotatable bonds is 3. The van der Waals surface area contributed by atoms with Gasteiger partial charge in [-0.3, -0.25) is 14.5 Å². The molecule has 0 aliphatic carbocycles. The summed E-state index contributed by atoms with van der Waals surface area (Å²) >= 11 is 3.34. The molecule has 2 rings (SSSR count). The Morgan fingerprint density at radius 3 is 2.27 bits per heavy atom. The number of amides is 3. The fraction of sp³-hybridized carbons (Fsp3) is 0.438. The first-order chi connectivity index (χ1) is 10.1. The van der Waals surface area contributed by atoms with Crippen LogP contribution in [0, 0.1) is 5.41 Å². The quantitative estimate of drug-likeness (QED) is 0.836. The minimum Gasteiger partial charge on any atom is -0.319 e. The van der Waals surface area contributed by atoms with Gasteiger partial charge in [-0.2, -0.15) is 0 Å². The van der Waals surface area contributed by atoms with E-state index in [1.807, 2.05) is 12.1 Å². The van der Waals surface area contributed by atoms with Crippen molar-refractivity contribution in [2.75, 3.05) is 6.54 Å². The lowest BCUT2D eigenvalue weighted by atomic mass is 9.89. The first-order valence-corrected chi connectivity index (χ1v) is 7.78. The number of Topliss-reactive ketones (excluding diaryl/α,β-unsaturated/α-hetero) is 1. The summed E-state index contributed by atoms with van der Waals surface area (Å²) in [6.07, 6.45) is 0. The van der Waals surface area contributed by atoms with Crippen LogP contribution in [0.2, 0.25) is 0 Å². The number of carbonyl (C=O) groups is 3. The van der Waals surface area contributed by atoms with Gasteiger partial charge in [-0.15, -0.1) is 0 Å². The molecule has 1 fully saturated rings. The van der Waals surface area contributed by atoms with E-state index in [1.165, 1.54) is 0 Å². The van der Waals surface area contributed by atoms with Crippen molar-refractivity contribution in [2.24, 2.45) is 5.41 Å². The Hall–Kier alpha value is -1.69. The molecule has 1 heterocycles. The van der Waals surface area contributed by atoms with E-state index in [1.54, 1.807) is 39.8 Å². The molecule has 1 aromatic carbocycles. The number of benzene rings is 1. The third kappa shape index (κ3) is 2.92. The highest BCUT2D eigenvalue weighted by Gasteiger charge is 2.49. The summed E-state index contributed by atoms with van der Waals surface area (Å²) in [5, 5.41) is 2.69. The van der Waals surface area contributed by atoms with Gasteiger partial charge < -0.3 is 5.32 Å². The lowest BCUT2D eigenvalue weighted by Crippen LogP contribution is -2.42. The molecule has 0 spiro atoms. The molecule has 3 amide bonds. The fourth-order valence-corrected chi connectivity index (χ4v) is 2.46. The van der Waals surface area contributed by atoms with Crippen molar-refractivity contribution in [3.63, 3.8) is 0 Å². The normalized spacial score (nSPS) is 22.0. The Balaban J connectivity index is 2.28. The maximum atomic E-state index is 12.7. The largest absolute Gasteiger partial charge is 0.325 e. The van der Waals surface area contributed by atoms with E-state index in [9.17, 15) is 14.4 Å². The molecule has 0 saturated carbocycles. The number of hydrogen-bond acceptors (Lipinski definition) is 3. The first kappa shape index (κ1) is 16.7. The summed E-state index contributed by atoms with van der Waals surface area (Å²) in [5.74, 6) is -0.562. The Morgan fingerprint density at radius 1 is 1.23 bits per heavy atom. The van der Waals surface area contributed by atoms with Crippen molar-refractivity contribution in [3.05, 3.63) is 34.3 Å². The van der Waals surface area contributed by atoms with E-state index in [0.29, 0.717) is 5.56 Å². The standard InChI is InChI=1S/C16H19BrN2O3/c1-15(2,3)12(20)9-19-13(21)16(4,18-14(19)22)10-5-7-11(17)8-6-10/h5-8H,9H2,1-4H3,(H,18,22)/t16-/m0/s1. The summed E-state index contributed by atoms with van der Waals surface area (Å²) in [4.78, 5) is 37.9. The second-order valence-corrected chi connectivity index (χ2v) is 7.54. The number of halogens is 1. The minimum atomic E-state index is -1.14. The predicted octanol–water partition coefficient (Wildman–Crippen LogP) is 2.83. The zero-order valence-electron chi connectivity index (χ0n) is 13.1. The Bertz CT molecular complexity index is 634. The highest BCUT2D eigenvalue weighted by atomic mass is 79.9. The molecule has 1 saturated heterocycles. The molecule has 5 nitrogen and oxygen atoms in total. The van der Waals surface area contributed by atoms with E-state index in [2.05, 4.69) is 21.2 Å². The second kappa shape index (κ2) is 5.50. The molecule has 1 aliphatic heterocycles. The van der Waals surface area contributed by atoms with Crippen LogP contribution < -0.4 is 5.32 Å². The maximum Gasteiger partial charge on any atom is 0.325 e. The summed E-state index contributed by atoms with van der Waals surface area (Å²) < 4.78 is 0.886. The van der Waals surface area contributed by atoms with E-state index < -0.39 is 22.9 Å². The fourth-order valence-electron chi connectivity index (χ4n) is 2.20. The maximum absolute atomic E-state index is 12.7. The van der Waals surface area contributed by atoms with Gasteiger partial charge in [0.2, 0.25) is 0 Å². The van der Waals surface area contributed by atoms with E-state index in [-0.39, 0.29) is 12.3 Å². The summed E-state index contributed by atoms with van der Waals surface area (Å²) in [6, 6.07) is 6.63. The van der Waals surface area contributed by atoms with Gasteiger partial charge in [0, 0.05) is 9.89 Å². The molecule has 0 bridgehead atoms. The molecule has 1 aromatic rings. The number of imide groups is 1. The average Bonchev–Trinajstić information content (AvgIpc) is 2.63. The third-order valence-corrected chi connectivity index (χ3v) is 4.36. The molecule has 1 atom stereocenters. The third-order valence-electron chi connectivity index (χ3n) is 3.83. The van der Waals surface area contributed by atoms with Gasteiger partial charge >= 0.3 is 6.03 Å². The van der Waals surface area contributed by atoms with Crippen LogP contribution in [0.5, 0.6) is 0 Å². The molecule has 0 aromatic heterocycles. The monoisotopic (exact) mass is 366 g/mol. The molecule has 118 valence electrons. The molecular weight excluding hydrogens is 348 g/mol. The number of urea groups is 1. The van der Waals surface area contributed by atoms with Crippen molar-refractivity contribution < 1.29 is 14.4 Å². The molecule has 0 unspecified atom stereocenters. The Kier molecular flexibility index (Phi) is 4.17. The van der Waals surface area contributed by atoms with Crippen LogP contribution in [0.25, 0.3) is 0 Å². The predicted molar refractivity (Wildman–Crippen MR) is 86.2 cm³/mol. The number of carbonyl (C=O) groups excluding carboxylic acids is 3. The number of nitrogens with zero attached hydrogens (tertiary/aromatic N) is 1. The number of hydrogen-bond donors (Lipinski definition) is 1. The lowest BCUT2D eigenvalue weighted by Gasteiger charge is -2.23. The molecule has 1 N–H and O–H groups in total. The highest BCUT2D eigenvalue weighted by molar-refractivity contribution is 9.10. The summed E-state index contributed by atoms with van der Waals surface area (Å²) in [7, 11) is 0. The van der Waals surface area contributed by atoms with Crippen molar-refractivity contribution in [3.8, 4) is 0 Å². The number of nitrogens with one attached hydrogen (secondary N) is 1. The minimum absolute atomic E-state index is 0.156. The van der Waals surface area contributed by atoms with E-state index >= 15 is 0 Å². The Labute approximate surface area is 138 Å². The van der Waals surface area contributed by atoms with Crippen LogP contribution >= 0.6 is 15.9 Å². The van der Waals surface area contributed by atoms with Crippen molar-refractivity contribution in [2.45, 2.75) is 33.2 Å². The summed E-state index contributed by atoms with van der Waals surface area (Å²) in [6.45, 7) is 6.74. The molecule has 0 radical (unpaired) electrons. The van der Waals surface area contributed by atoms with Crippen LogP contribution in [0.15, 0.2) is 28.7 Å². The van der Waals surface area contributed by atoms with E-state index in [4.69, 9.17) is 0 Å².